The molecule has 4 rings (SSSR count). The molecule has 2 saturated heterocycles. The molecule has 0 aliphatic carbocycles. The van der Waals surface area contributed by atoms with E-state index < -0.39 is 110 Å². The van der Waals surface area contributed by atoms with Crippen LogP contribution in [-0.4, -0.2) is 294 Å². The van der Waals surface area contributed by atoms with Gasteiger partial charge in [-0.25, -0.2) is 9.97 Å². The molecule has 88 heavy (non-hydrogen) atoms. The molecule has 504 valence electrons. The van der Waals surface area contributed by atoms with Gasteiger partial charge >= 0.3 is 18.3 Å². The zero-order valence-corrected chi connectivity index (χ0v) is 48.3. The number of aliphatic hydroxyl groups is 6. The van der Waals surface area contributed by atoms with Crippen molar-refractivity contribution in [3.05, 3.63) is 36.2 Å². The van der Waals surface area contributed by atoms with Gasteiger partial charge < -0.3 is 113 Å². The van der Waals surface area contributed by atoms with E-state index in [-0.39, 0.29) is 181 Å². The monoisotopic (exact) mass is 1290 g/mol. The number of aromatic nitrogens is 4. The Labute approximate surface area is 502 Å². The lowest BCUT2D eigenvalue weighted by molar-refractivity contribution is -0.264. The van der Waals surface area contributed by atoms with Crippen LogP contribution in [0.1, 0.15) is 31.2 Å². The first-order chi connectivity index (χ1) is 42.2. The Bertz CT molecular complexity index is 2110. The summed E-state index contributed by atoms with van der Waals surface area (Å²) in [6.45, 7) is 2.81. The molecule has 10 atom stereocenters. The van der Waals surface area contributed by atoms with Crippen LogP contribution in [0, 0.1) is 0 Å². The van der Waals surface area contributed by atoms with Crippen LogP contribution in [0.3, 0.4) is 0 Å². The summed E-state index contributed by atoms with van der Waals surface area (Å²) < 4.78 is 150. The Kier molecular flexibility index (Phi) is 36.1. The molecule has 2 aliphatic heterocycles. The van der Waals surface area contributed by atoms with Gasteiger partial charge in [-0.3, -0.25) is 29.7 Å². The van der Waals surface area contributed by atoms with Crippen molar-refractivity contribution in [1.82, 2.24) is 35.9 Å². The van der Waals surface area contributed by atoms with Gasteiger partial charge in [0.2, 0.25) is 11.8 Å². The van der Waals surface area contributed by atoms with E-state index in [2.05, 4.69) is 46.5 Å². The van der Waals surface area contributed by atoms with Crippen molar-refractivity contribution in [3.8, 4) is 0 Å². The predicted molar refractivity (Wildman–Crippen MR) is 287 cm³/mol. The minimum atomic E-state index is -4.78. The Morgan fingerprint density at radius 3 is 1.27 bits per heavy atom. The molecule has 2 aromatic rings. The number of ether oxygens (including phenoxy) is 13. The molecule has 2 amide bonds. The first-order valence-electron chi connectivity index (χ1n) is 28.1. The number of rotatable bonds is 46. The Morgan fingerprint density at radius 1 is 0.534 bits per heavy atom. The lowest BCUT2D eigenvalue weighted by Crippen LogP contribution is -2.62. The number of anilines is 2. The highest BCUT2D eigenvalue weighted by atomic mass is 19.4. The number of halogens is 6. The third-order valence-corrected chi connectivity index (χ3v) is 12.3. The molecule has 0 radical (unpaired) electrons. The third kappa shape index (κ3) is 29.3. The van der Waals surface area contributed by atoms with Crippen LogP contribution in [0.5, 0.6) is 0 Å². The average molecular weight is 1290 g/mol. The Balaban J connectivity index is 0.957. The lowest BCUT2D eigenvalue weighted by atomic mass is 9.97. The van der Waals surface area contributed by atoms with Gasteiger partial charge in [-0.1, -0.05) is 0 Å². The lowest BCUT2D eigenvalue weighted by Gasteiger charge is -2.42. The molecule has 2 fully saturated rings. The summed E-state index contributed by atoms with van der Waals surface area (Å²) in [5.41, 5.74) is -2.57. The van der Waals surface area contributed by atoms with Crippen LogP contribution in [0.25, 0.3) is 0 Å². The average Bonchev–Trinajstić information content (AvgIpc) is 2.15. The first kappa shape index (κ1) is 75.4. The van der Waals surface area contributed by atoms with Crippen molar-refractivity contribution >= 4 is 29.4 Å². The number of esters is 1. The summed E-state index contributed by atoms with van der Waals surface area (Å²) in [5, 5.41) is 74.6. The highest BCUT2D eigenvalue weighted by Gasteiger charge is 2.47. The van der Waals surface area contributed by atoms with Crippen LogP contribution < -0.4 is 26.6 Å². The molecule has 0 bridgehead atoms. The maximum absolute atomic E-state index is 13.1. The zero-order chi connectivity index (χ0) is 64.2. The fraction of sp³-hybridized carbons (Fsp3) is 0.784. The Morgan fingerprint density at radius 2 is 0.909 bits per heavy atom. The van der Waals surface area contributed by atoms with Gasteiger partial charge in [0.05, 0.1) is 176 Å². The van der Waals surface area contributed by atoms with Crippen molar-refractivity contribution in [2.24, 2.45) is 0 Å². The summed E-state index contributed by atoms with van der Waals surface area (Å²) in [4.78, 5) is 50.6. The molecule has 31 nitrogen and oxygen atoms in total. The van der Waals surface area contributed by atoms with E-state index in [1.807, 2.05) is 0 Å². The second-order valence-electron chi connectivity index (χ2n) is 19.0. The van der Waals surface area contributed by atoms with Gasteiger partial charge in [0.25, 0.3) is 0 Å². The molecule has 11 N–H and O–H groups in total. The van der Waals surface area contributed by atoms with Crippen molar-refractivity contribution in [2.45, 2.75) is 99.4 Å². The smallest absolute Gasteiger partial charge is 0.434 e. The van der Waals surface area contributed by atoms with Crippen LogP contribution in [0.15, 0.2) is 24.8 Å². The summed E-state index contributed by atoms with van der Waals surface area (Å²) in [5.74, 6) is -1.80. The van der Waals surface area contributed by atoms with E-state index in [1.54, 1.807) is 6.92 Å². The van der Waals surface area contributed by atoms with E-state index in [9.17, 15) is 71.4 Å². The van der Waals surface area contributed by atoms with Gasteiger partial charge in [0.1, 0.15) is 60.3 Å². The quantitative estimate of drug-likeness (QED) is 0.0180. The second-order valence-corrected chi connectivity index (χ2v) is 19.0. The molecule has 2 aliphatic rings. The van der Waals surface area contributed by atoms with Crippen LogP contribution in [0.4, 0.5) is 38.0 Å². The molecule has 0 aromatic carbocycles. The standard InChI is InChI=1S/C51H81F6N9O22/c1-2-84-41(71)27-62-32(30-82-7-3-39(69)60-5-9-76-11-13-78-15-17-80-19-21-85-48-42(46(74)44(72)33(28-67)87-48)65-37-25-58-23-35(63-37)50(52,53)54)31-83-8-4-40(70)61-6-10-77-12-14-79-16-18-81-20-22-86-49-43(47(75)45(73)34(29-68)88-49)66-38-26-59-24-36(64-38)51(55,56)57/h23-26,32-34,42-49,62,67-68,72-75H,2-22,27-31H2,1H3,(H,60,69)(H,61,70)(H,63,65)(H,64,66)/t33-,34-,42-,43-,44+,45+,46-,47-,48-,49-/m1/s1. The highest BCUT2D eigenvalue weighted by Crippen LogP contribution is 2.31. The number of carbonyl (C=O) groups excluding carboxylic acids is 3. The van der Waals surface area contributed by atoms with Gasteiger partial charge in [0.15, 0.2) is 24.0 Å². The molecule has 0 unspecified atom stereocenters. The highest BCUT2D eigenvalue weighted by molar-refractivity contribution is 5.76. The topological polar surface area (TPSA) is 404 Å². The maximum Gasteiger partial charge on any atom is 0.434 e. The maximum atomic E-state index is 13.1. The molecular formula is C51H81F6N9O22. The second kappa shape index (κ2) is 42.1. The number of alkyl halides is 6. The summed E-state index contributed by atoms with van der Waals surface area (Å²) >= 11 is 0. The number of nitrogens with one attached hydrogen (secondary N) is 5. The van der Waals surface area contributed by atoms with Crippen molar-refractivity contribution in [3.63, 3.8) is 0 Å². The van der Waals surface area contributed by atoms with E-state index in [4.69, 9.17) is 61.6 Å². The first-order valence-corrected chi connectivity index (χ1v) is 28.1. The van der Waals surface area contributed by atoms with Crippen molar-refractivity contribution in [1.29, 1.82) is 0 Å². The number of hydrogen-bond donors (Lipinski definition) is 11. The van der Waals surface area contributed by atoms with Crippen molar-refractivity contribution < 1.29 is 133 Å². The van der Waals surface area contributed by atoms with Crippen molar-refractivity contribution in [2.75, 3.05) is 169 Å². The summed E-state index contributed by atoms with van der Waals surface area (Å²) in [7, 11) is 0. The molecule has 37 heteroatoms. The molecule has 2 aromatic heterocycles. The summed E-state index contributed by atoms with van der Waals surface area (Å²) in [6.07, 6.45) is -18.1. The number of nitrogens with zero attached hydrogens (tertiary/aromatic N) is 4. The van der Waals surface area contributed by atoms with E-state index >= 15 is 0 Å². The third-order valence-electron chi connectivity index (χ3n) is 12.3. The van der Waals surface area contributed by atoms with E-state index in [0.29, 0.717) is 12.4 Å². The van der Waals surface area contributed by atoms with E-state index in [1.165, 1.54) is 0 Å². The predicted octanol–water partition coefficient (Wildman–Crippen LogP) is -2.86. The molecule has 0 saturated carbocycles. The van der Waals surface area contributed by atoms with E-state index in [0.717, 1.165) is 12.4 Å². The van der Waals surface area contributed by atoms with Crippen LogP contribution in [-0.2, 0) is 88.3 Å². The van der Waals surface area contributed by atoms with Crippen LogP contribution in [0.2, 0.25) is 0 Å². The molecular weight excluding hydrogens is 1200 g/mol. The van der Waals surface area contributed by atoms with Gasteiger partial charge in [0, 0.05) is 25.9 Å². The number of hydrogen-bond acceptors (Lipinski definition) is 29. The van der Waals surface area contributed by atoms with Gasteiger partial charge in [-0.05, 0) is 6.92 Å². The summed E-state index contributed by atoms with van der Waals surface area (Å²) in [6, 6.07) is -3.08. The number of amides is 2. The Hall–Kier alpha value is -5.01. The largest absolute Gasteiger partial charge is 0.465 e. The minimum Gasteiger partial charge on any atom is -0.465 e. The number of carbonyl (C=O) groups is 3. The molecule has 4 heterocycles. The SMILES string of the molecule is CCOC(=O)CNC(COCCC(=O)NCCOCCOCCOCCO[C@@H]1O[C@H](CO)[C@H](O)[C@H](O)[C@H]1Nc1cncc(C(F)(F)F)n1)COCCC(=O)NCCOCCOCCOCCO[C@@H]1O[C@H](CO)[C@H](O)[C@H](O)[C@H]1Nc1cncc(C(F)(F)F)n1. The van der Waals surface area contributed by atoms with Gasteiger partial charge in [-0.15, -0.1) is 0 Å². The minimum absolute atomic E-state index is 0.0151. The van der Waals surface area contributed by atoms with Gasteiger partial charge in [-0.2, -0.15) is 26.3 Å². The zero-order valence-electron chi connectivity index (χ0n) is 48.3. The number of aliphatic hydroxyl groups excluding tert-OH is 6. The fourth-order valence-corrected chi connectivity index (χ4v) is 7.86. The normalized spacial score (nSPS) is 22.4. The molecule has 0 spiro atoms. The van der Waals surface area contributed by atoms with Crippen LogP contribution >= 0.6 is 0 Å². The fourth-order valence-electron chi connectivity index (χ4n) is 7.86.